The molecule has 1 aliphatic carbocycles. The summed E-state index contributed by atoms with van der Waals surface area (Å²) in [4.78, 5) is 25.5. The zero-order valence-electron chi connectivity index (χ0n) is 24.2. The second kappa shape index (κ2) is 14.3. The van der Waals surface area contributed by atoms with Crippen LogP contribution in [0.1, 0.15) is 47.4 Å². The lowest BCUT2D eigenvalue weighted by molar-refractivity contribution is -0.605. The fourth-order valence-electron chi connectivity index (χ4n) is 4.76. The Morgan fingerprint density at radius 1 is 1.11 bits per heavy atom. The van der Waals surface area contributed by atoms with Gasteiger partial charge in [-0.3, -0.25) is 4.79 Å². The van der Waals surface area contributed by atoms with E-state index in [1.807, 2.05) is 0 Å². The molecule has 2 unspecified atom stereocenters. The molecule has 0 radical (unpaired) electrons. The molecule has 1 saturated heterocycles. The van der Waals surface area contributed by atoms with E-state index in [2.05, 4.69) is 4.74 Å². The van der Waals surface area contributed by atoms with E-state index in [1.54, 1.807) is 0 Å². The van der Waals surface area contributed by atoms with E-state index in [9.17, 15) is 32.0 Å². The fraction of sp³-hybridized carbons (Fsp3) is 0.367. The number of benzene rings is 2. The van der Waals surface area contributed by atoms with Crippen LogP contribution in [0.4, 0.5) is 8.78 Å². The molecule has 46 heavy (non-hydrogen) atoms. The largest absolute Gasteiger partial charge is 0.619 e. The zero-order valence-corrected chi connectivity index (χ0v) is 27.4. The third-order valence-corrected chi connectivity index (χ3v) is 11.2. The monoisotopic (exact) mass is 716 g/mol. The number of Topliss-reactive ketones (excluding diaryl/α,β-unsaturated/α-hetero) is 1. The quantitative estimate of drug-likeness (QED) is 0.0932. The highest BCUT2D eigenvalue weighted by molar-refractivity contribution is 8.02. The highest BCUT2D eigenvalue weighted by Gasteiger charge is 2.42. The molecule has 0 bridgehead atoms. The average Bonchev–Trinajstić information content (AvgIpc) is 3.69. The van der Waals surface area contributed by atoms with Crippen LogP contribution in [0.2, 0.25) is 10.0 Å². The SMILES string of the molecule is CC(=O)c1cccc(S(=O)(=O)N2CCSC2C(=O)OC(Cc2c(Cl)c[n+]([O-])cc2Cl)c2ccc(OC(F)F)c(OCC3CC3)c2)c1. The average molecular weight is 718 g/mol. The summed E-state index contributed by atoms with van der Waals surface area (Å²) in [5.74, 6) is -0.885. The first-order chi connectivity index (χ1) is 21.8. The third kappa shape index (κ3) is 8.03. The zero-order chi connectivity index (χ0) is 33.2. The number of pyridine rings is 1. The molecule has 2 aliphatic rings. The van der Waals surface area contributed by atoms with Gasteiger partial charge in [0.25, 0.3) is 0 Å². The summed E-state index contributed by atoms with van der Waals surface area (Å²) >= 11 is 13.7. The van der Waals surface area contributed by atoms with Crippen molar-refractivity contribution in [2.75, 3.05) is 18.9 Å². The number of carbonyl (C=O) groups is 2. The molecule has 3 aromatic rings. The maximum atomic E-state index is 13.7. The van der Waals surface area contributed by atoms with Gasteiger partial charge in [-0.05, 0) is 55.5 Å². The van der Waals surface area contributed by atoms with E-state index in [4.69, 9.17) is 32.7 Å². The minimum atomic E-state index is -4.23. The van der Waals surface area contributed by atoms with Gasteiger partial charge in [0.15, 0.2) is 35.0 Å². The number of rotatable bonds is 13. The minimum Gasteiger partial charge on any atom is -0.619 e. The fourth-order valence-corrected chi connectivity index (χ4v) is 8.45. The van der Waals surface area contributed by atoms with Crippen LogP contribution in [0.25, 0.3) is 0 Å². The predicted octanol–water partition coefficient (Wildman–Crippen LogP) is 5.81. The number of aromatic nitrogens is 1. The molecule has 10 nitrogen and oxygen atoms in total. The Balaban J connectivity index is 1.48. The molecular formula is C30H28Cl2F2N2O8S2. The Kier molecular flexibility index (Phi) is 10.6. The molecular weight excluding hydrogens is 689 g/mol. The predicted molar refractivity (Wildman–Crippen MR) is 166 cm³/mol. The number of alkyl halides is 2. The van der Waals surface area contributed by atoms with Gasteiger partial charge in [-0.25, -0.2) is 13.2 Å². The maximum Gasteiger partial charge on any atom is 0.387 e. The molecule has 1 aromatic heterocycles. The van der Waals surface area contributed by atoms with Gasteiger partial charge in [0.2, 0.25) is 10.0 Å². The van der Waals surface area contributed by atoms with Crippen LogP contribution < -0.4 is 14.2 Å². The normalized spacial score (nSPS) is 17.6. The lowest BCUT2D eigenvalue weighted by Gasteiger charge is -2.26. The van der Waals surface area contributed by atoms with Crippen LogP contribution in [0, 0.1) is 11.1 Å². The molecule has 2 heterocycles. The number of ketones is 1. The Hall–Kier alpha value is -3.17. The highest BCUT2D eigenvalue weighted by Crippen LogP contribution is 2.39. The Morgan fingerprint density at radius 3 is 2.48 bits per heavy atom. The van der Waals surface area contributed by atoms with Crippen molar-refractivity contribution >= 4 is 56.7 Å². The first-order valence-corrected chi connectivity index (χ1v) is 17.3. The Bertz CT molecular complexity index is 1720. The topological polar surface area (TPSA) is 126 Å². The van der Waals surface area contributed by atoms with Gasteiger partial charge < -0.3 is 19.4 Å². The molecule has 1 aliphatic heterocycles. The van der Waals surface area contributed by atoms with Crippen LogP contribution in [-0.4, -0.2) is 55.4 Å². The van der Waals surface area contributed by atoms with Gasteiger partial charge in [-0.1, -0.05) is 41.4 Å². The van der Waals surface area contributed by atoms with Crippen LogP contribution in [-0.2, 0) is 26.0 Å². The van der Waals surface area contributed by atoms with Crippen molar-refractivity contribution < 1.29 is 45.7 Å². The highest BCUT2D eigenvalue weighted by atomic mass is 35.5. The van der Waals surface area contributed by atoms with Crippen molar-refractivity contribution in [3.63, 3.8) is 0 Å². The van der Waals surface area contributed by atoms with Gasteiger partial charge in [0.05, 0.1) is 11.5 Å². The number of ether oxygens (including phenoxy) is 3. The number of sulfonamides is 1. The number of carbonyl (C=O) groups excluding carboxylic acids is 2. The first-order valence-electron chi connectivity index (χ1n) is 14.1. The molecule has 2 fully saturated rings. The van der Waals surface area contributed by atoms with Crippen molar-refractivity contribution in [1.82, 2.24) is 4.31 Å². The van der Waals surface area contributed by atoms with E-state index < -0.39 is 34.1 Å². The van der Waals surface area contributed by atoms with Gasteiger partial charge in [0.1, 0.15) is 16.1 Å². The summed E-state index contributed by atoms with van der Waals surface area (Å²) in [5.41, 5.74) is 0.742. The summed E-state index contributed by atoms with van der Waals surface area (Å²) < 4.78 is 71.4. The molecule has 0 spiro atoms. The molecule has 5 rings (SSSR count). The molecule has 2 atom stereocenters. The van der Waals surface area contributed by atoms with Gasteiger partial charge in [0, 0.05) is 29.8 Å². The second-order valence-electron chi connectivity index (χ2n) is 10.7. The van der Waals surface area contributed by atoms with Crippen molar-refractivity contribution in [3.05, 3.63) is 86.8 Å². The number of nitrogens with zero attached hydrogens (tertiary/aromatic N) is 2. The van der Waals surface area contributed by atoms with Crippen molar-refractivity contribution in [1.29, 1.82) is 0 Å². The van der Waals surface area contributed by atoms with E-state index in [-0.39, 0.29) is 74.6 Å². The lowest BCUT2D eigenvalue weighted by atomic mass is 10.0. The Labute approximate surface area is 278 Å². The second-order valence-corrected chi connectivity index (χ2v) is 14.6. The van der Waals surface area contributed by atoms with Gasteiger partial charge >= 0.3 is 12.6 Å². The number of hydrogen-bond acceptors (Lipinski definition) is 9. The molecule has 246 valence electrons. The maximum absolute atomic E-state index is 13.7. The standard InChI is InChI=1S/C30H28Cl2F2N2O8S2/c1-17(37)19-3-2-4-21(11-19)46(40,41)36-9-10-45-28(36)29(38)43-26(13-22-23(31)14-35(39)15-24(22)32)20-7-8-25(44-30(33)34)27(12-20)42-16-18-5-6-18/h2-4,7-8,11-12,14-15,18,26,28,30H,5-6,9-10,13,16H2,1H3. The summed E-state index contributed by atoms with van der Waals surface area (Å²) in [5, 5.41) is 10.5. The molecule has 2 aromatic carbocycles. The first kappa shape index (κ1) is 34.2. The summed E-state index contributed by atoms with van der Waals surface area (Å²) in [6, 6.07) is 9.59. The Morgan fingerprint density at radius 2 is 1.83 bits per heavy atom. The van der Waals surface area contributed by atoms with E-state index in [0.29, 0.717) is 10.3 Å². The van der Waals surface area contributed by atoms with Gasteiger partial charge in [-0.15, -0.1) is 11.8 Å². The van der Waals surface area contributed by atoms with Crippen LogP contribution in [0.3, 0.4) is 0 Å². The van der Waals surface area contributed by atoms with E-state index in [1.165, 1.54) is 49.4 Å². The smallest absolute Gasteiger partial charge is 0.387 e. The molecule has 1 saturated carbocycles. The van der Waals surface area contributed by atoms with E-state index in [0.717, 1.165) is 41.3 Å². The van der Waals surface area contributed by atoms with Crippen molar-refractivity contribution in [2.45, 2.75) is 49.2 Å². The molecule has 0 amide bonds. The van der Waals surface area contributed by atoms with Crippen molar-refractivity contribution in [2.24, 2.45) is 5.92 Å². The molecule has 16 heteroatoms. The summed E-state index contributed by atoms with van der Waals surface area (Å²) in [7, 11) is -4.23. The summed E-state index contributed by atoms with van der Waals surface area (Å²) in [6.45, 7) is -1.54. The number of halogens is 4. The minimum absolute atomic E-state index is 0.000390. The van der Waals surface area contributed by atoms with Gasteiger partial charge in [-0.2, -0.15) is 17.8 Å². The number of esters is 1. The number of hydrogen-bond donors (Lipinski definition) is 0. The van der Waals surface area contributed by atoms with Crippen LogP contribution in [0.5, 0.6) is 11.5 Å². The van der Waals surface area contributed by atoms with Crippen molar-refractivity contribution in [3.8, 4) is 11.5 Å². The lowest BCUT2D eigenvalue weighted by Crippen LogP contribution is -2.40. The third-order valence-electron chi connectivity index (χ3n) is 7.33. The van der Waals surface area contributed by atoms with Crippen LogP contribution in [0.15, 0.2) is 59.8 Å². The van der Waals surface area contributed by atoms with Crippen LogP contribution >= 0.6 is 35.0 Å². The number of thioether (sulfide) groups is 1. The van der Waals surface area contributed by atoms with E-state index >= 15 is 0 Å². The summed E-state index contributed by atoms with van der Waals surface area (Å²) in [6.07, 6.45) is 2.68. The molecule has 0 N–H and O–H groups in total.